The van der Waals surface area contributed by atoms with Crippen LogP contribution >= 0.6 is 11.3 Å². The lowest BCUT2D eigenvalue weighted by molar-refractivity contribution is 0.645. The van der Waals surface area contributed by atoms with E-state index < -0.39 is 0 Å². The van der Waals surface area contributed by atoms with Gasteiger partial charge in [0.1, 0.15) is 11.3 Å². The van der Waals surface area contributed by atoms with Crippen LogP contribution in [-0.4, -0.2) is 14.5 Å². The lowest BCUT2D eigenvalue weighted by Gasteiger charge is -2.13. The van der Waals surface area contributed by atoms with Crippen LogP contribution in [0.5, 0.6) is 0 Å². The number of furan rings is 2. The SMILES string of the molecule is c1ccc(-c2nc3oc4c5ccccc5oc4c3nc2-n2c3ccccc3c3c4ccccc4c4c5ccccc5sc4c32)cc1. The summed E-state index contributed by atoms with van der Waals surface area (Å²) in [7, 11) is 0. The van der Waals surface area contributed by atoms with Gasteiger partial charge in [0.15, 0.2) is 16.9 Å². The van der Waals surface area contributed by atoms with Crippen molar-refractivity contribution in [3.05, 3.63) is 127 Å². The molecule has 0 spiro atoms. The number of rotatable bonds is 2. The van der Waals surface area contributed by atoms with Crippen molar-refractivity contribution in [2.75, 3.05) is 0 Å². The average Bonchev–Trinajstić information content (AvgIpc) is 3.86. The maximum absolute atomic E-state index is 6.41. The van der Waals surface area contributed by atoms with Gasteiger partial charge in [-0.2, -0.15) is 0 Å². The molecule has 5 nitrogen and oxygen atoms in total. The first-order chi connectivity index (χ1) is 22.8. The van der Waals surface area contributed by atoms with Crippen molar-refractivity contribution in [3.8, 4) is 17.1 Å². The van der Waals surface area contributed by atoms with Crippen LogP contribution in [0.2, 0.25) is 0 Å². The van der Waals surface area contributed by atoms with Gasteiger partial charge in [-0.1, -0.05) is 103 Å². The molecule has 0 saturated heterocycles. The third-order valence-corrected chi connectivity index (χ3v) is 10.4. The Balaban J connectivity index is 1.40. The fourth-order valence-electron chi connectivity index (χ4n) is 7.30. The summed E-state index contributed by atoms with van der Waals surface area (Å²) in [5.74, 6) is 0.738. The molecule has 0 unspecified atom stereocenters. The minimum absolute atomic E-state index is 0.459. The minimum Gasteiger partial charge on any atom is -0.450 e. The first-order valence-electron chi connectivity index (χ1n) is 15.3. The first kappa shape index (κ1) is 24.4. The van der Waals surface area contributed by atoms with E-state index in [9.17, 15) is 0 Å². The Kier molecular flexibility index (Phi) is 4.66. The van der Waals surface area contributed by atoms with Gasteiger partial charge in [0, 0.05) is 31.8 Å². The highest BCUT2D eigenvalue weighted by Crippen LogP contribution is 2.48. The summed E-state index contributed by atoms with van der Waals surface area (Å²) in [4.78, 5) is 10.6. The monoisotopic (exact) mass is 607 g/mol. The molecule has 0 radical (unpaired) electrons. The summed E-state index contributed by atoms with van der Waals surface area (Å²) >= 11 is 1.84. The molecule has 6 aromatic carbocycles. The number of aromatic nitrogens is 3. The lowest BCUT2D eigenvalue weighted by atomic mass is 9.99. The molecule has 46 heavy (non-hydrogen) atoms. The molecule has 0 bridgehead atoms. The number of para-hydroxylation sites is 2. The van der Waals surface area contributed by atoms with Crippen LogP contribution in [0.25, 0.3) is 103 Å². The largest absolute Gasteiger partial charge is 0.450 e. The molecule has 5 aromatic heterocycles. The van der Waals surface area contributed by atoms with Crippen molar-refractivity contribution in [2.45, 2.75) is 0 Å². The van der Waals surface area contributed by atoms with Gasteiger partial charge in [-0.3, -0.25) is 4.57 Å². The van der Waals surface area contributed by atoms with Crippen LogP contribution in [0.3, 0.4) is 0 Å². The summed E-state index contributed by atoms with van der Waals surface area (Å²) in [6.07, 6.45) is 0. The Morgan fingerprint density at radius 3 is 2.07 bits per heavy atom. The molecule has 0 aliphatic carbocycles. The third kappa shape index (κ3) is 3.08. The van der Waals surface area contributed by atoms with Gasteiger partial charge in [0.05, 0.1) is 21.1 Å². The second kappa shape index (κ2) is 8.81. The normalized spacial score (nSPS) is 12.3. The van der Waals surface area contributed by atoms with Crippen LogP contribution in [0.4, 0.5) is 0 Å². The molecule has 5 heterocycles. The van der Waals surface area contributed by atoms with Crippen molar-refractivity contribution in [2.24, 2.45) is 0 Å². The number of fused-ring (bicyclic) bond motifs is 15. The van der Waals surface area contributed by atoms with E-state index >= 15 is 0 Å². The van der Waals surface area contributed by atoms with Gasteiger partial charge >= 0.3 is 0 Å². The van der Waals surface area contributed by atoms with Crippen LogP contribution in [0, 0.1) is 0 Å². The van der Waals surface area contributed by atoms with Crippen molar-refractivity contribution in [3.63, 3.8) is 0 Å². The van der Waals surface area contributed by atoms with Crippen molar-refractivity contribution in [1.29, 1.82) is 0 Å². The molecule has 0 atom stereocenters. The molecular formula is C40H21N3O2S. The van der Waals surface area contributed by atoms with Crippen LogP contribution in [-0.2, 0) is 0 Å². The average molecular weight is 608 g/mol. The molecule has 214 valence electrons. The summed E-state index contributed by atoms with van der Waals surface area (Å²) in [6.45, 7) is 0. The number of thiophene rings is 1. The van der Waals surface area contributed by atoms with E-state index in [4.69, 9.17) is 18.8 Å². The Labute approximate surface area is 264 Å². The molecule has 0 N–H and O–H groups in total. The first-order valence-corrected chi connectivity index (χ1v) is 16.1. The highest BCUT2D eigenvalue weighted by atomic mass is 32.1. The van der Waals surface area contributed by atoms with Crippen LogP contribution in [0.15, 0.2) is 136 Å². The fraction of sp³-hybridized carbons (Fsp3) is 0. The Hall–Kier alpha value is -5.98. The summed E-state index contributed by atoms with van der Waals surface area (Å²) in [5, 5.41) is 8.32. The van der Waals surface area contributed by atoms with E-state index in [1.165, 1.54) is 41.7 Å². The van der Waals surface area contributed by atoms with Crippen LogP contribution in [0.1, 0.15) is 0 Å². The molecule has 0 aliphatic heterocycles. The quantitative estimate of drug-likeness (QED) is 0.196. The third-order valence-electron chi connectivity index (χ3n) is 9.22. The molecule has 6 heteroatoms. The van der Waals surface area contributed by atoms with Gasteiger partial charge < -0.3 is 8.83 Å². The van der Waals surface area contributed by atoms with E-state index in [0.29, 0.717) is 22.4 Å². The van der Waals surface area contributed by atoms with Gasteiger partial charge in [0.25, 0.3) is 5.71 Å². The van der Waals surface area contributed by atoms with E-state index in [0.717, 1.165) is 39.1 Å². The molecule has 0 amide bonds. The number of hydrogen-bond donors (Lipinski definition) is 0. The smallest absolute Gasteiger partial charge is 0.250 e. The van der Waals surface area contributed by atoms with E-state index in [2.05, 4.69) is 89.5 Å². The fourth-order valence-corrected chi connectivity index (χ4v) is 8.56. The van der Waals surface area contributed by atoms with Crippen molar-refractivity contribution in [1.82, 2.24) is 14.5 Å². The van der Waals surface area contributed by atoms with Gasteiger partial charge in [-0.05, 0) is 35.0 Å². The predicted octanol–water partition coefficient (Wildman–Crippen LogP) is 11.4. The standard InChI is InChI=1S/C40H21N3O2S/c1-2-12-22(13-3-1)33-39(41-34-37-36(45-40(34)42-33)26-17-7-10-20-29(26)44-37)43-28-19-9-6-16-25(28)31-23-14-4-5-15-24(23)32-27-18-8-11-21-30(27)46-38(32)35(31)43/h1-21H. The molecule has 11 aromatic rings. The summed E-state index contributed by atoms with van der Waals surface area (Å²) < 4.78 is 17.6. The number of nitrogens with zero attached hydrogens (tertiary/aromatic N) is 3. The lowest BCUT2D eigenvalue weighted by Crippen LogP contribution is -2.03. The predicted molar refractivity (Wildman–Crippen MR) is 189 cm³/mol. The van der Waals surface area contributed by atoms with Crippen LogP contribution < -0.4 is 0 Å². The van der Waals surface area contributed by atoms with E-state index in [-0.39, 0.29) is 0 Å². The Bertz CT molecular complexity index is 3040. The second-order valence-corrected chi connectivity index (χ2v) is 12.8. The minimum atomic E-state index is 0.459. The topological polar surface area (TPSA) is 57.0 Å². The Morgan fingerprint density at radius 1 is 0.543 bits per heavy atom. The number of hydrogen-bond acceptors (Lipinski definition) is 5. The molecule has 11 rings (SSSR count). The van der Waals surface area contributed by atoms with E-state index in [1.54, 1.807) is 0 Å². The summed E-state index contributed by atoms with van der Waals surface area (Å²) in [5.41, 5.74) is 7.03. The highest BCUT2D eigenvalue weighted by Gasteiger charge is 2.27. The van der Waals surface area contributed by atoms with Gasteiger partial charge in [-0.25, -0.2) is 9.97 Å². The highest BCUT2D eigenvalue weighted by molar-refractivity contribution is 7.27. The molecular weight excluding hydrogens is 587 g/mol. The van der Waals surface area contributed by atoms with Crippen molar-refractivity contribution < 1.29 is 8.83 Å². The maximum atomic E-state index is 6.41. The Morgan fingerprint density at radius 2 is 1.22 bits per heavy atom. The molecule has 0 aliphatic rings. The van der Waals surface area contributed by atoms with Gasteiger partial charge in [-0.15, -0.1) is 11.3 Å². The van der Waals surface area contributed by atoms with Crippen molar-refractivity contribution >= 4 is 97.5 Å². The van der Waals surface area contributed by atoms with E-state index in [1.807, 2.05) is 53.8 Å². The maximum Gasteiger partial charge on any atom is 0.250 e. The zero-order valence-electron chi connectivity index (χ0n) is 24.2. The van der Waals surface area contributed by atoms with Gasteiger partial charge in [0.2, 0.25) is 5.58 Å². The number of benzene rings is 6. The zero-order chi connectivity index (χ0) is 29.9. The molecule has 0 fully saturated rings. The zero-order valence-corrected chi connectivity index (χ0v) is 25.0. The molecule has 0 saturated carbocycles. The second-order valence-electron chi connectivity index (χ2n) is 11.7. The summed E-state index contributed by atoms with van der Waals surface area (Å²) in [6, 6.07) is 44.3.